The number of methoxy groups -OCH3 is 1. The largest absolute Gasteiger partial charge is 0.468 e. The van der Waals surface area contributed by atoms with Crippen molar-refractivity contribution in [3.8, 4) is 0 Å². The molecule has 0 spiro atoms. The minimum Gasteiger partial charge on any atom is -0.468 e. The number of nitrogens with two attached hydrogens (primary N) is 1. The van der Waals surface area contributed by atoms with E-state index in [1.165, 1.54) is 7.11 Å². The highest BCUT2D eigenvalue weighted by Gasteiger charge is 2.15. The molecule has 0 bridgehead atoms. The van der Waals surface area contributed by atoms with Crippen LogP contribution in [0.5, 0.6) is 0 Å². The van der Waals surface area contributed by atoms with Crippen molar-refractivity contribution in [1.82, 2.24) is 0 Å². The van der Waals surface area contributed by atoms with Crippen LogP contribution in [0.3, 0.4) is 0 Å². The Kier molecular flexibility index (Phi) is 4.99. The average Bonchev–Trinajstić information content (AvgIpc) is 2.00. The highest BCUT2D eigenvalue weighted by molar-refractivity contribution is 5.75. The number of carbonyl (C=O) groups is 1. The third-order valence-corrected chi connectivity index (χ3v) is 1.95. The zero-order chi connectivity index (χ0) is 10.5. The van der Waals surface area contributed by atoms with Gasteiger partial charge in [0.25, 0.3) is 0 Å². The molecule has 2 N–H and O–H groups in total. The molecule has 78 valence electrons. The maximum atomic E-state index is 10.9. The summed E-state index contributed by atoms with van der Waals surface area (Å²) in [6.45, 7) is 6.53. The highest BCUT2D eigenvalue weighted by atomic mass is 16.5. The second-order valence-corrected chi connectivity index (χ2v) is 4.58. The van der Waals surface area contributed by atoms with E-state index in [9.17, 15) is 4.79 Å². The average molecular weight is 187 g/mol. The molecular formula is C10H21NO2. The highest BCUT2D eigenvalue weighted by Crippen LogP contribution is 2.21. The predicted molar refractivity (Wildman–Crippen MR) is 53.3 cm³/mol. The monoisotopic (exact) mass is 187 g/mol. The van der Waals surface area contributed by atoms with Crippen molar-refractivity contribution in [2.24, 2.45) is 11.1 Å². The molecule has 0 aliphatic rings. The third kappa shape index (κ3) is 6.58. The van der Waals surface area contributed by atoms with Gasteiger partial charge >= 0.3 is 5.97 Å². The number of rotatable bonds is 4. The lowest BCUT2D eigenvalue weighted by Gasteiger charge is -2.18. The van der Waals surface area contributed by atoms with Crippen LogP contribution in [-0.4, -0.2) is 19.1 Å². The molecule has 0 rings (SSSR count). The van der Waals surface area contributed by atoms with Crippen LogP contribution in [-0.2, 0) is 9.53 Å². The molecule has 0 heterocycles. The molecule has 1 atom stereocenters. The van der Waals surface area contributed by atoms with Gasteiger partial charge in [0.05, 0.1) is 7.11 Å². The molecule has 0 saturated heterocycles. The fraction of sp³-hybridized carbons (Fsp3) is 0.900. The third-order valence-electron chi connectivity index (χ3n) is 1.95. The Bertz CT molecular complexity index is 161. The number of hydrogen-bond acceptors (Lipinski definition) is 3. The lowest BCUT2D eigenvalue weighted by Crippen LogP contribution is -2.31. The van der Waals surface area contributed by atoms with Crippen LogP contribution < -0.4 is 5.73 Å². The predicted octanol–water partition coefficient (Wildman–Crippen LogP) is 1.70. The van der Waals surface area contributed by atoms with Crippen LogP contribution in [0, 0.1) is 5.41 Å². The van der Waals surface area contributed by atoms with Crippen molar-refractivity contribution < 1.29 is 9.53 Å². The van der Waals surface area contributed by atoms with Crippen molar-refractivity contribution in [1.29, 1.82) is 0 Å². The minimum absolute atomic E-state index is 0.311. The number of carbonyl (C=O) groups excluding carboxylic acids is 1. The van der Waals surface area contributed by atoms with E-state index in [-0.39, 0.29) is 5.97 Å². The summed E-state index contributed by atoms with van der Waals surface area (Å²) in [6, 6.07) is -0.452. The SMILES string of the molecule is COC(=O)C(N)CCCC(C)(C)C. The number of hydrogen-bond donors (Lipinski definition) is 1. The molecule has 3 heteroatoms. The van der Waals surface area contributed by atoms with Crippen molar-refractivity contribution in [3.63, 3.8) is 0 Å². The van der Waals surface area contributed by atoms with Crippen molar-refractivity contribution >= 4 is 5.97 Å². The summed E-state index contributed by atoms with van der Waals surface area (Å²) in [5, 5.41) is 0. The molecule has 0 aliphatic heterocycles. The summed E-state index contributed by atoms with van der Waals surface area (Å²) in [5.74, 6) is -0.311. The Balaban J connectivity index is 3.59. The van der Waals surface area contributed by atoms with Gasteiger partial charge in [0.2, 0.25) is 0 Å². The van der Waals surface area contributed by atoms with E-state index in [1.54, 1.807) is 0 Å². The topological polar surface area (TPSA) is 52.3 Å². The van der Waals surface area contributed by atoms with E-state index in [1.807, 2.05) is 0 Å². The van der Waals surface area contributed by atoms with Gasteiger partial charge in [0.15, 0.2) is 0 Å². The number of esters is 1. The summed E-state index contributed by atoms with van der Waals surface area (Å²) < 4.78 is 4.53. The van der Waals surface area contributed by atoms with Crippen molar-refractivity contribution in [2.45, 2.75) is 46.1 Å². The molecule has 0 aromatic carbocycles. The second kappa shape index (κ2) is 5.22. The van der Waals surface area contributed by atoms with Crippen LogP contribution in [0.25, 0.3) is 0 Å². The van der Waals surface area contributed by atoms with Gasteiger partial charge in [-0.1, -0.05) is 27.2 Å². The molecule has 0 aromatic heterocycles. The molecular weight excluding hydrogens is 166 g/mol. The maximum Gasteiger partial charge on any atom is 0.322 e. The maximum absolute atomic E-state index is 10.9. The van der Waals surface area contributed by atoms with E-state index >= 15 is 0 Å². The zero-order valence-electron chi connectivity index (χ0n) is 9.09. The normalized spacial score (nSPS) is 13.9. The van der Waals surface area contributed by atoms with E-state index in [4.69, 9.17) is 5.73 Å². The molecule has 13 heavy (non-hydrogen) atoms. The van der Waals surface area contributed by atoms with Crippen molar-refractivity contribution in [2.75, 3.05) is 7.11 Å². The first-order valence-corrected chi connectivity index (χ1v) is 4.70. The first-order valence-electron chi connectivity index (χ1n) is 4.70. The minimum atomic E-state index is -0.452. The lowest BCUT2D eigenvalue weighted by atomic mass is 9.89. The van der Waals surface area contributed by atoms with Crippen LogP contribution in [0.1, 0.15) is 40.0 Å². The van der Waals surface area contributed by atoms with E-state index in [2.05, 4.69) is 25.5 Å². The van der Waals surface area contributed by atoms with Crippen LogP contribution in [0.4, 0.5) is 0 Å². The van der Waals surface area contributed by atoms with Gasteiger partial charge in [-0.05, 0) is 18.3 Å². The van der Waals surface area contributed by atoms with Gasteiger partial charge in [-0.3, -0.25) is 4.79 Å². The summed E-state index contributed by atoms with van der Waals surface area (Å²) in [7, 11) is 1.37. The van der Waals surface area contributed by atoms with E-state index in [0.717, 1.165) is 12.8 Å². The van der Waals surface area contributed by atoms with Crippen molar-refractivity contribution in [3.05, 3.63) is 0 Å². The Morgan fingerprint density at radius 3 is 2.38 bits per heavy atom. The fourth-order valence-corrected chi connectivity index (χ4v) is 1.12. The lowest BCUT2D eigenvalue weighted by molar-refractivity contribution is -0.142. The zero-order valence-corrected chi connectivity index (χ0v) is 9.09. The fourth-order valence-electron chi connectivity index (χ4n) is 1.12. The van der Waals surface area contributed by atoms with Crippen LogP contribution >= 0.6 is 0 Å². The van der Waals surface area contributed by atoms with Crippen LogP contribution in [0.15, 0.2) is 0 Å². The molecule has 0 fully saturated rings. The second-order valence-electron chi connectivity index (χ2n) is 4.58. The van der Waals surface area contributed by atoms with Crippen LogP contribution in [0.2, 0.25) is 0 Å². The summed E-state index contributed by atoms with van der Waals surface area (Å²) in [4.78, 5) is 10.9. The van der Waals surface area contributed by atoms with E-state index in [0.29, 0.717) is 11.8 Å². The Labute approximate surface area is 80.6 Å². The molecule has 0 aliphatic carbocycles. The summed E-state index contributed by atoms with van der Waals surface area (Å²) >= 11 is 0. The van der Waals surface area contributed by atoms with Gasteiger partial charge in [0, 0.05) is 0 Å². The summed E-state index contributed by atoms with van der Waals surface area (Å²) in [6.07, 6.45) is 2.77. The van der Waals surface area contributed by atoms with E-state index < -0.39 is 6.04 Å². The standard InChI is InChI=1S/C10H21NO2/c1-10(2,3)7-5-6-8(11)9(12)13-4/h8H,5-7,11H2,1-4H3. The summed E-state index contributed by atoms with van der Waals surface area (Å²) in [5.41, 5.74) is 5.90. The number of ether oxygens (including phenoxy) is 1. The molecule has 3 nitrogen and oxygen atoms in total. The first-order chi connectivity index (χ1) is 5.87. The van der Waals surface area contributed by atoms with Gasteiger partial charge in [-0.15, -0.1) is 0 Å². The van der Waals surface area contributed by atoms with Gasteiger partial charge in [0.1, 0.15) is 6.04 Å². The van der Waals surface area contributed by atoms with Gasteiger partial charge in [-0.25, -0.2) is 0 Å². The molecule has 0 radical (unpaired) electrons. The van der Waals surface area contributed by atoms with Gasteiger partial charge < -0.3 is 10.5 Å². The first kappa shape index (κ1) is 12.4. The van der Waals surface area contributed by atoms with Gasteiger partial charge in [-0.2, -0.15) is 0 Å². The molecule has 1 unspecified atom stereocenters. The molecule has 0 aromatic rings. The molecule has 0 amide bonds. The Hall–Kier alpha value is -0.570. The Morgan fingerprint density at radius 2 is 2.00 bits per heavy atom. The smallest absolute Gasteiger partial charge is 0.322 e. The quantitative estimate of drug-likeness (QED) is 0.681. The molecule has 0 saturated carbocycles. The Morgan fingerprint density at radius 1 is 1.46 bits per heavy atom.